The van der Waals surface area contributed by atoms with E-state index >= 15 is 0 Å². The van der Waals surface area contributed by atoms with Gasteiger partial charge in [0.2, 0.25) is 0 Å². The first-order valence-corrected chi connectivity index (χ1v) is 13.4. The van der Waals surface area contributed by atoms with Gasteiger partial charge in [-0.2, -0.15) is 13.2 Å². The molecule has 6 nitrogen and oxygen atoms in total. The quantitative estimate of drug-likeness (QED) is 0.0959. The van der Waals surface area contributed by atoms with E-state index in [1.165, 1.54) is 24.6 Å². The molecule has 4 aromatic carbocycles. The molecule has 0 bridgehead atoms. The third kappa shape index (κ3) is 6.64. The zero-order chi connectivity index (χ0) is 30.7. The molecule has 226 valence electrons. The number of hydrogen-bond donors (Lipinski definition) is 1. The Hall–Kier alpha value is -4.45. The van der Waals surface area contributed by atoms with Gasteiger partial charge in [0.25, 0.3) is 0 Å². The molecule has 1 fully saturated rings. The Morgan fingerprint density at radius 2 is 1.40 bits per heavy atom. The van der Waals surface area contributed by atoms with Crippen molar-refractivity contribution in [2.24, 2.45) is 0 Å². The van der Waals surface area contributed by atoms with Crippen LogP contribution in [0.3, 0.4) is 0 Å². The molecular weight excluding hydrogens is 580 g/mol. The summed E-state index contributed by atoms with van der Waals surface area (Å²) in [6.07, 6.45) is -1.83. The van der Waals surface area contributed by atoms with Crippen LogP contribution in [0.5, 0.6) is 28.7 Å². The molecule has 0 saturated carbocycles. The minimum Gasteiger partial charge on any atom is -0.504 e. The topological polar surface area (TPSA) is 68.2 Å². The second-order valence-corrected chi connectivity index (χ2v) is 9.89. The highest BCUT2D eigenvalue weighted by Gasteiger charge is 2.42. The maximum absolute atomic E-state index is 14.9. The van der Waals surface area contributed by atoms with Crippen molar-refractivity contribution in [3.63, 3.8) is 0 Å². The summed E-state index contributed by atoms with van der Waals surface area (Å²) in [5.74, 6) is -8.33. The smallest absolute Gasteiger partial charge is 0.491 e. The van der Waals surface area contributed by atoms with E-state index < -0.39 is 46.7 Å². The first kappa shape index (κ1) is 30.0. The van der Waals surface area contributed by atoms with Gasteiger partial charge in [-0.3, -0.25) is 4.90 Å². The molecule has 0 spiro atoms. The molecule has 1 aliphatic rings. The summed E-state index contributed by atoms with van der Waals surface area (Å²) in [5.41, 5.74) is -0.500. The Kier molecular flexibility index (Phi) is 8.67. The third-order valence-electron chi connectivity index (χ3n) is 7.00. The van der Waals surface area contributed by atoms with Gasteiger partial charge >= 0.3 is 12.1 Å². The number of nitrogens with zero attached hydrogens (tertiary/aromatic N) is 1. The van der Waals surface area contributed by atoms with Crippen LogP contribution in [0.1, 0.15) is 19.3 Å². The number of esters is 1. The van der Waals surface area contributed by atoms with E-state index in [9.17, 15) is 36.2 Å². The molecule has 0 unspecified atom stereocenters. The number of hydrogen-bond acceptors (Lipinski definition) is 6. The summed E-state index contributed by atoms with van der Waals surface area (Å²) in [5, 5.41) is 10.0. The van der Waals surface area contributed by atoms with Crippen LogP contribution in [-0.2, 0) is 4.79 Å². The molecule has 1 aliphatic heterocycles. The fourth-order valence-corrected chi connectivity index (χ4v) is 4.85. The minimum absolute atomic E-state index is 0.0220. The monoisotopic (exact) mass is 605 g/mol. The summed E-state index contributed by atoms with van der Waals surface area (Å²) in [4.78, 5) is 13.9. The molecule has 12 heteroatoms. The van der Waals surface area contributed by atoms with Crippen molar-refractivity contribution in [2.75, 3.05) is 26.2 Å². The summed E-state index contributed by atoms with van der Waals surface area (Å²) in [6, 6.07) is 12.5. The van der Waals surface area contributed by atoms with Crippen molar-refractivity contribution in [1.82, 2.24) is 4.90 Å². The molecule has 1 heterocycles. The van der Waals surface area contributed by atoms with Crippen LogP contribution in [0.2, 0.25) is 0 Å². The van der Waals surface area contributed by atoms with Crippen LogP contribution in [0.4, 0.5) is 26.3 Å². The number of likely N-dealkylation sites (tertiary alicyclic amines) is 1. The van der Waals surface area contributed by atoms with Gasteiger partial charge in [0.1, 0.15) is 23.9 Å². The van der Waals surface area contributed by atoms with Crippen molar-refractivity contribution in [3.05, 3.63) is 78.1 Å². The fraction of sp³-hybridized carbons (Fsp3) is 0.258. The van der Waals surface area contributed by atoms with Crippen LogP contribution in [0, 0.1) is 17.5 Å². The van der Waals surface area contributed by atoms with Gasteiger partial charge in [0.15, 0.2) is 29.0 Å². The lowest BCUT2D eigenvalue weighted by Crippen LogP contribution is -2.33. The van der Waals surface area contributed by atoms with Crippen molar-refractivity contribution in [3.8, 4) is 39.9 Å². The van der Waals surface area contributed by atoms with Gasteiger partial charge in [-0.1, -0.05) is 6.42 Å². The summed E-state index contributed by atoms with van der Waals surface area (Å²) < 4.78 is 97.9. The highest BCUT2D eigenvalue weighted by molar-refractivity contribution is 6.01. The average molecular weight is 606 g/mol. The number of carbonyl (C=O) groups excluding carboxylic acids is 1. The highest BCUT2D eigenvalue weighted by Crippen LogP contribution is 2.46. The Balaban J connectivity index is 1.51. The SMILES string of the molecule is O=C(Oc1c(O)ccc2c(Oc3ccc(OCCN4CCCCC4)cc3)c(-c3ccc(F)c(F)c3F)ccc12)C(F)(F)F. The number of alkyl halides is 3. The normalized spacial score (nSPS) is 14.1. The van der Waals surface area contributed by atoms with E-state index in [-0.39, 0.29) is 27.8 Å². The number of halogens is 6. The van der Waals surface area contributed by atoms with Crippen LogP contribution in [0.15, 0.2) is 60.7 Å². The number of carbonyl (C=O) groups is 1. The Bertz CT molecular complexity index is 1640. The van der Waals surface area contributed by atoms with Gasteiger partial charge in [-0.25, -0.2) is 18.0 Å². The second kappa shape index (κ2) is 12.4. The molecule has 4 aromatic rings. The number of ether oxygens (including phenoxy) is 3. The van der Waals surface area contributed by atoms with E-state index in [1.807, 2.05) is 0 Å². The zero-order valence-electron chi connectivity index (χ0n) is 22.5. The first-order valence-electron chi connectivity index (χ1n) is 13.4. The standard InChI is InChI=1S/C31H25F6NO5/c32-24-12-10-20(26(33)27(24)34)21-8-9-23-22(11-13-25(39)29(23)43-30(40)31(35,36)37)28(21)42-19-6-4-18(5-7-19)41-17-16-38-14-2-1-3-15-38/h4-13,39H,1-3,14-17H2. The predicted molar refractivity (Wildman–Crippen MR) is 145 cm³/mol. The number of fused-ring (bicyclic) bond motifs is 1. The third-order valence-corrected chi connectivity index (χ3v) is 7.00. The summed E-state index contributed by atoms with van der Waals surface area (Å²) in [6.45, 7) is 3.28. The van der Waals surface area contributed by atoms with Gasteiger partial charge in [-0.05, 0) is 86.6 Å². The van der Waals surface area contributed by atoms with Crippen molar-refractivity contribution < 1.29 is 50.5 Å². The van der Waals surface area contributed by atoms with Gasteiger partial charge in [-0.15, -0.1) is 0 Å². The average Bonchev–Trinajstić information content (AvgIpc) is 2.98. The molecule has 5 rings (SSSR count). The molecule has 0 atom stereocenters. The van der Waals surface area contributed by atoms with E-state index in [2.05, 4.69) is 9.64 Å². The first-order chi connectivity index (χ1) is 20.5. The molecular formula is C31H25F6NO5. The number of benzene rings is 4. The number of phenolic OH excluding ortho intramolecular Hbond substituents is 1. The molecule has 1 saturated heterocycles. The lowest BCUT2D eigenvalue weighted by molar-refractivity contribution is -0.189. The van der Waals surface area contributed by atoms with Crippen molar-refractivity contribution in [1.29, 1.82) is 0 Å². The predicted octanol–water partition coefficient (Wildman–Crippen LogP) is 7.75. The lowest BCUT2D eigenvalue weighted by Gasteiger charge is -2.26. The fourth-order valence-electron chi connectivity index (χ4n) is 4.85. The second-order valence-electron chi connectivity index (χ2n) is 9.89. The number of rotatable bonds is 8. The Morgan fingerprint density at radius 3 is 2.09 bits per heavy atom. The molecule has 0 radical (unpaired) electrons. The highest BCUT2D eigenvalue weighted by atomic mass is 19.4. The Morgan fingerprint density at radius 1 is 0.767 bits per heavy atom. The van der Waals surface area contributed by atoms with Crippen LogP contribution in [0.25, 0.3) is 21.9 Å². The molecule has 43 heavy (non-hydrogen) atoms. The van der Waals surface area contributed by atoms with Gasteiger partial charge < -0.3 is 19.3 Å². The van der Waals surface area contributed by atoms with Crippen LogP contribution < -0.4 is 14.2 Å². The van der Waals surface area contributed by atoms with E-state index in [0.29, 0.717) is 18.4 Å². The van der Waals surface area contributed by atoms with Crippen LogP contribution in [-0.4, -0.2) is 48.4 Å². The van der Waals surface area contributed by atoms with Gasteiger partial charge in [0, 0.05) is 28.4 Å². The van der Waals surface area contributed by atoms with E-state index in [4.69, 9.17) is 9.47 Å². The minimum atomic E-state index is -5.36. The number of piperidine rings is 1. The van der Waals surface area contributed by atoms with E-state index in [0.717, 1.165) is 56.7 Å². The van der Waals surface area contributed by atoms with Gasteiger partial charge in [0.05, 0.1) is 0 Å². The number of aromatic hydroxyl groups is 1. The van der Waals surface area contributed by atoms with E-state index in [1.54, 1.807) is 12.1 Å². The summed E-state index contributed by atoms with van der Waals surface area (Å²) >= 11 is 0. The molecule has 0 amide bonds. The van der Waals surface area contributed by atoms with Crippen molar-refractivity contribution in [2.45, 2.75) is 25.4 Å². The lowest BCUT2D eigenvalue weighted by atomic mass is 9.98. The molecule has 0 aliphatic carbocycles. The summed E-state index contributed by atoms with van der Waals surface area (Å²) in [7, 11) is 0. The van der Waals surface area contributed by atoms with Crippen LogP contribution >= 0.6 is 0 Å². The largest absolute Gasteiger partial charge is 0.504 e. The Labute approximate surface area is 242 Å². The zero-order valence-corrected chi connectivity index (χ0v) is 22.5. The number of phenols is 1. The van der Waals surface area contributed by atoms with Crippen molar-refractivity contribution >= 4 is 16.7 Å². The molecule has 0 aromatic heterocycles. The maximum Gasteiger partial charge on any atom is 0.491 e. The molecule has 1 N–H and O–H groups in total. The maximum atomic E-state index is 14.9.